The Morgan fingerprint density at radius 1 is 1.14 bits per heavy atom. The first-order valence-electron chi connectivity index (χ1n) is 5.24. The maximum atomic E-state index is 9.51. The summed E-state index contributed by atoms with van der Waals surface area (Å²) in [4.78, 5) is 0. The second kappa shape index (κ2) is 3.62. The van der Waals surface area contributed by atoms with Gasteiger partial charge in [-0.25, -0.2) is 0 Å². The number of nitrogens with two attached hydrogens (primary N) is 1. The Morgan fingerprint density at radius 3 is 2.21 bits per heavy atom. The molecule has 0 unspecified atom stereocenters. The molecular formula is C12H17NO. The molecule has 1 aromatic carbocycles. The van der Waals surface area contributed by atoms with Crippen molar-refractivity contribution in [3.05, 3.63) is 29.8 Å². The van der Waals surface area contributed by atoms with Crippen molar-refractivity contribution >= 4 is 5.69 Å². The predicted molar refractivity (Wildman–Crippen MR) is 58.1 cm³/mol. The van der Waals surface area contributed by atoms with Crippen LogP contribution in [0.5, 0.6) is 0 Å². The summed E-state index contributed by atoms with van der Waals surface area (Å²) in [5.41, 5.74) is 7.70. The predicted octanol–water partition coefficient (Wildman–Crippen LogP) is 2.07. The minimum atomic E-state index is 0.0215. The van der Waals surface area contributed by atoms with E-state index in [-0.39, 0.29) is 12.0 Å². The van der Waals surface area contributed by atoms with Crippen molar-refractivity contribution in [3.8, 4) is 0 Å². The highest BCUT2D eigenvalue weighted by Gasteiger charge is 2.34. The Balaban J connectivity index is 2.31. The van der Waals surface area contributed by atoms with Crippen LogP contribution in [0.2, 0.25) is 0 Å². The molecule has 0 aliphatic heterocycles. The van der Waals surface area contributed by atoms with E-state index in [1.54, 1.807) is 0 Å². The van der Waals surface area contributed by atoms with E-state index in [1.807, 2.05) is 12.1 Å². The van der Waals surface area contributed by atoms with Crippen LogP contribution in [0, 0.1) is 0 Å². The molecule has 14 heavy (non-hydrogen) atoms. The van der Waals surface area contributed by atoms with Gasteiger partial charge in [0.1, 0.15) is 0 Å². The largest absolute Gasteiger partial charge is 0.399 e. The van der Waals surface area contributed by atoms with Crippen molar-refractivity contribution in [2.75, 3.05) is 12.3 Å². The molecule has 1 aliphatic carbocycles. The zero-order valence-electron chi connectivity index (χ0n) is 8.37. The molecule has 1 saturated carbocycles. The van der Waals surface area contributed by atoms with Crippen LogP contribution >= 0.6 is 0 Å². The van der Waals surface area contributed by atoms with E-state index in [9.17, 15) is 5.11 Å². The monoisotopic (exact) mass is 191 g/mol. The van der Waals surface area contributed by atoms with Gasteiger partial charge in [-0.05, 0) is 30.5 Å². The summed E-state index contributed by atoms with van der Waals surface area (Å²) in [5.74, 6) is 0. The molecule has 2 nitrogen and oxygen atoms in total. The molecule has 1 aliphatic rings. The zero-order valence-corrected chi connectivity index (χ0v) is 8.37. The van der Waals surface area contributed by atoms with Crippen LogP contribution in [-0.2, 0) is 5.41 Å². The third-order valence-electron chi connectivity index (χ3n) is 3.39. The van der Waals surface area contributed by atoms with Crippen LogP contribution in [0.15, 0.2) is 24.3 Å². The average Bonchev–Trinajstić information content (AvgIpc) is 2.68. The van der Waals surface area contributed by atoms with Crippen molar-refractivity contribution in [3.63, 3.8) is 0 Å². The van der Waals surface area contributed by atoms with Gasteiger partial charge < -0.3 is 10.8 Å². The number of anilines is 1. The molecule has 2 rings (SSSR count). The SMILES string of the molecule is Nc1ccc(C2(CO)CCCC2)cc1. The number of benzene rings is 1. The van der Waals surface area contributed by atoms with Gasteiger partial charge in [-0.2, -0.15) is 0 Å². The maximum Gasteiger partial charge on any atom is 0.0527 e. The van der Waals surface area contributed by atoms with Crippen LogP contribution in [0.4, 0.5) is 5.69 Å². The van der Waals surface area contributed by atoms with Gasteiger partial charge in [0.05, 0.1) is 6.61 Å². The van der Waals surface area contributed by atoms with Gasteiger partial charge in [0.15, 0.2) is 0 Å². The molecule has 3 N–H and O–H groups in total. The Labute approximate surface area is 84.7 Å². The lowest BCUT2D eigenvalue weighted by atomic mass is 9.80. The zero-order chi connectivity index (χ0) is 10.0. The summed E-state index contributed by atoms with van der Waals surface area (Å²) in [5, 5.41) is 9.51. The highest BCUT2D eigenvalue weighted by Crippen LogP contribution is 2.40. The second-order valence-electron chi connectivity index (χ2n) is 4.27. The molecule has 0 spiro atoms. The second-order valence-corrected chi connectivity index (χ2v) is 4.27. The lowest BCUT2D eigenvalue weighted by Gasteiger charge is -2.27. The molecule has 1 aromatic rings. The topological polar surface area (TPSA) is 46.2 Å². The number of aliphatic hydroxyl groups excluding tert-OH is 1. The summed E-state index contributed by atoms with van der Waals surface area (Å²) in [7, 11) is 0. The maximum absolute atomic E-state index is 9.51. The third kappa shape index (κ3) is 1.50. The van der Waals surface area contributed by atoms with E-state index in [4.69, 9.17) is 5.73 Å². The summed E-state index contributed by atoms with van der Waals surface area (Å²) in [6, 6.07) is 7.95. The standard InChI is InChI=1S/C12H17NO/c13-11-5-3-10(4-6-11)12(9-14)7-1-2-8-12/h3-6,14H,1-2,7-9,13H2. The van der Waals surface area contributed by atoms with Crippen LogP contribution in [0.25, 0.3) is 0 Å². The third-order valence-corrected chi connectivity index (χ3v) is 3.39. The van der Waals surface area contributed by atoms with E-state index in [0.29, 0.717) is 0 Å². The van der Waals surface area contributed by atoms with Crippen LogP contribution in [0.1, 0.15) is 31.2 Å². The van der Waals surface area contributed by atoms with Gasteiger partial charge in [-0.1, -0.05) is 25.0 Å². The van der Waals surface area contributed by atoms with Gasteiger partial charge >= 0.3 is 0 Å². The average molecular weight is 191 g/mol. The highest BCUT2D eigenvalue weighted by atomic mass is 16.3. The summed E-state index contributed by atoms with van der Waals surface area (Å²) >= 11 is 0. The van der Waals surface area contributed by atoms with Gasteiger partial charge in [0.25, 0.3) is 0 Å². The smallest absolute Gasteiger partial charge is 0.0527 e. The van der Waals surface area contributed by atoms with Gasteiger partial charge in [-0.3, -0.25) is 0 Å². The molecule has 0 heterocycles. The molecule has 0 radical (unpaired) electrons. The summed E-state index contributed by atoms with van der Waals surface area (Å²) < 4.78 is 0. The first-order chi connectivity index (χ1) is 6.77. The Morgan fingerprint density at radius 2 is 1.71 bits per heavy atom. The minimum Gasteiger partial charge on any atom is -0.399 e. The van der Waals surface area contributed by atoms with Crippen molar-refractivity contribution in [2.45, 2.75) is 31.1 Å². The van der Waals surface area contributed by atoms with Gasteiger partial charge in [0, 0.05) is 11.1 Å². The molecule has 0 bridgehead atoms. The summed E-state index contributed by atoms with van der Waals surface area (Å²) in [6.45, 7) is 0.261. The van der Waals surface area contributed by atoms with E-state index < -0.39 is 0 Å². The molecular weight excluding hydrogens is 174 g/mol. The van der Waals surface area contributed by atoms with Crippen molar-refractivity contribution in [1.82, 2.24) is 0 Å². The number of hydrogen-bond acceptors (Lipinski definition) is 2. The quantitative estimate of drug-likeness (QED) is 0.703. The van der Waals surface area contributed by atoms with Gasteiger partial charge in [0.2, 0.25) is 0 Å². The van der Waals surface area contributed by atoms with Crippen molar-refractivity contribution < 1.29 is 5.11 Å². The fourth-order valence-electron chi connectivity index (χ4n) is 2.43. The first kappa shape index (κ1) is 9.53. The fourth-order valence-corrected chi connectivity index (χ4v) is 2.43. The van der Waals surface area contributed by atoms with E-state index in [2.05, 4.69) is 12.1 Å². The van der Waals surface area contributed by atoms with Crippen molar-refractivity contribution in [1.29, 1.82) is 0 Å². The molecule has 0 atom stereocenters. The molecule has 0 aromatic heterocycles. The van der Waals surface area contributed by atoms with E-state index in [0.717, 1.165) is 18.5 Å². The van der Waals surface area contributed by atoms with E-state index >= 15 is 0 Å². The lowest BCUT2D eigenvalue weighted by molar-refractivity contribution is 0.196. The molecule has 0 saturated heterocycles. The highest BCUT2D eigenvalue weighted by molar-refractivity contribution is 5.41. The van der Waals surface area contributed by atoms with Crippen molar-refractivity contribution in [2.24, 2.45) is 0 Å². The molecule has 2 heteroatoms. The number of nitrogen functional groups attached to an aromatic ring is 1. The molecule has 76 valence electrons. The Bertz CT molecular complexity index is 299. The summed E-state index contributed by atoms with van der Waals surface area (Å²) in [6.07, 6.45) is 4.66. The van der Waals surface area contributed by atoms with Crippen LogP contribution in [-0.4, -0.2) is 11.7 Å². The molecule has 1 fully saturated rings. The van der Waals surface area contributed by atoms with Crippen LogP contribution in [0.3, 0.4) is 0 Å². The normalized spacial score (nSPS) is 19.8. The number of rotatable bonds is 2. The fraction of sp³-hybridized carbons (Fsp3) is 0.500. The lowest BCUT2D eigenvalue weighted by Crippen LogP contribution is -2.26. The van der Waals surface area contributed by atoms with Crippen LogP contribution < -0.4 is 5.73 Å². The molecule has 0 amide bonds. The van der Waals surface area contributed by atoms with E-state index in [1.165, 1.54) is 18.4 Å². The Kier molecular flexibility index (Phi) is 2.46. The minimum absolute atomic E-state index is 0.0215. The number of aliphatic hydroxyl groups is 1. The van der Waals surface area contributed by atoms with Gasteiger partial charge in [-0.15, -0.1) is 0 Å². The number of hydrogen-bond donors (Lipinski definition) is 2. The Hall–Kier alpha value is -1.02. The first-order valence-corrected chi connectivity index (χ1v) is 5.24.